The molecule has 0 bridgehead atoms. The fourth-order valence-electron chi connectivity index (χ4n) is 7.17. The monoisotopic (exact) mass is 775 g/mol. The Kier molecular flexibility index (Phi) is 12.2. The Balaban J connectivity index is 0.000000174. The van der Waals surface area contributed by atoms with Crippen LogP contribution in [0, 0.1) is 6.92 Å². The topological polar surface area (TPSA) is 142 Å². The second-order valence-corrected chi connectivity index (χ2v) is 13.9. The second kappa shape index (κ2) is 17.8. The first kappa shape index (κ1) is 39.1. The van der Waals surface area contributed by atoms with E-state index < -0.39 is 0 Å². The van der Waals surface area contributed by atoms with Crippen LogP contribution < -0.4 is 50.3 Å². The minimum atomic E-state index is -0.162. The van der Waals surface area contributed by atoms with Crippen molar-refractivity contribution in [3.05, 3.63) is 105 Å². The van der Waals surface area contributed by atoms with Crippen molar-refractivity contribution in [2.24, 2.45) is 0 Å². The second-order valence-electron chi connectivity index (χ2n) is 13.9. The van der Waals surface area contributed by atoms with Gasteiger partial charge in [0.2, 0.25) is 0 Å². The third-order valence-corrected chi connectivity index (χ3v) is 10.2. The number of fused-ring (bicyclic) bond motifs is 2. The summed E-state index contributed by atoms with van der Waals surface area (Å²) in [6.07, 6.45) is 6.80. The number of piperidine rings is 1. The van der Waals surface area contributed by atoms with Gasteiger partial charge in [-0.25, -0.2) is 9.97 Å². The van der Waals surface area contributed by atoms with Crippen molar-refractivity contribution in [1.29, 1.82) is 0 Å². The number of hydrogen-bond donors (Lipinski definition) is 2. The van der Waals surface area contributed by atoms with Crippen LogP contribution in [0.5, 0.6) is 28.7 Å². The van der Waals surface area contributed by atoms with Gasteiger partial charge in [0.25, 0.3) is 11.1 Å². The number of nitrogens with zero attached hydrogens (tertiary/aromatic N) is 5. The number of pyridine rings is 2. The van der Waals surface area contributed by atoms with Crippen LogP contribution in [0.15, 0.2) is 88.7 Å². The molecule has 57 heavy (non-hydrogen) atoms. The Morgan fingerprint density at radius 2 is 1.25 bits per heavy atom. The number of ether oxygens (including phenoxy) is 5. The van der Waals surface area contributed by atoms with E-state index in [1.807, 2.05) is 55.6 Å². The van der Waals surface area contributed by atoms with E-state index in [-0.39, 0.29) is 17.2 Å². The summed E-state index contributed by atoms with van der Waals surface area (Å²) in [6, 6.07) is 19.9. The number of hydrogen-bond acceptors (Lipinski definition) is 12. The Labute approximate surface area is 331 Å². The lowest BCUT2D eigenvalue weighted by molar-refractivity contribution is 0.162. The molecule has 2 aliphatic rings. The van der Waals surface area contributed by atoms with Crippen molar-refractivity contribution in [3.63, 3.8) is 0 Å². The van der Waals surface area contributed by atoms with Crippen molar-refractivity contribution in [2.75, 3.05) is 72.6 Å². The zero-order chi connectivity index (χ0) is 39.9. The molecule has 2 saturated heterocycles. The minimum absolute atomic E-state index is 0.0994. The predicted octanol–water partition coefficient (Wildman–Crippen LogP) is 5.00. The van der Waals surface area contributed by atoms with Crippen LogP contribution in [0.1, 0.15) is 24.8 Å². The van der Waals surface area contributed by atoms with Crippen molar-refractivity contribution in [2.45, 2.75) is 32.3 Å². The lowest BCUT2D eigenvalue weighted by atomic mass is 10.1. The third-order valence-electron chi connectivity index (χ3n) is 10.2. The summed E-state index contributed by atoms with van der Waals surface area (Å²) in [5.74, 6) is 3.15. The molecule has 2 fully saturated rings. The van der Waals surface area contributed by atoms with E-state index in [0.29, 0.717) is 51.4 Å². The molecule has 0 spiro atoms. The molecule has 0 amide bonds. The van der Waals surface area contributed by atoms with Crippen molar-refractivity contribution >= 4 is 17.0 Å². The Hall–Kier alpha value is -6.12. The zero-order valence-electron chi connectivity index (χ0n) is 33.0. The molecule has 0 unspecified atom stereocenters. The van der Waals surface area contributed by atoms with Crippen molar-refractivity contribution < 1.29 is 23.7 Å². The maximum Gasteiger partial charge on any atom is 0.258 e. The first-order valence-corrected chi connectivity index (χ1v) is 19.1. The summed E-state index contributed by atoms with van der Waals surface area (Å²) >= 11 is 0. The molecule has 4 aromatic heterocycles. The van der Waals surface area contributed by atoms with E-state index in [1.54, 1.807) is 51.2 Å². The van der Waals surface area contributed by atoms with Crippen LogP contribution in [0.3, 0.4) is 0 Å². The standard InChI is InChI=1S/C22H26N4O3.C21H23N3O4/c1-15-11-17(25-9-4-7-23-8-10-25)14-26-21(27)13-18(24-22(15)26)16-5-6-19(28-2)20(12-16)29-3;1-26-18-5-3-14(11-19(18)27-2)17-12-21(25)24-13-16(4-6-20(24)23-17)28-15-7-9-22-10-8-15/h5-6,11-14,23H,4,7-10H2,1-3H3;3-6,11-13,15,22H,7-10H2,1-2H3. The van der Waals surface area contributed by atoms with E-state index in [0.717, 1.165) is 80.9 Å². The summed E-state index contributed by atoms with van der Waals surface area (Å²) in [5, 5.41) is 6.73. The highest BCUT2D eigenvalue weighted by Crippen LogP contribution is 2.33. The minimum Gasteiger partial charge on any atom is -0.493 e. The van der Waals surface area contributed by atoms with E-state index in [4.69, 9.17) is 28.7 Å². The van der Waals surface area contributed by atoms with Crippen LogP contribution in [0.2, 0.25) is 0 Å². The fourth-order valence-corrected chi connectivity index (χ4v) is 7.17. The van der Waals surface area contributed by atoms with Gasteiger partial charge in [0.05, 0.1) is 51.7 Å². The van der Waals surface area contributed by atoms with Gasteiger partial charge in [0.1, 0.15) is 23.1 Å². The van der Waals surface area contributed by atoms with E-state index in [1.165, 1.54) is 10.5 Å². The number of anilines is 1. The summed E-state index contributed by atoms with van der Waals surface area (Å²) in [4.78, 5) is 37.4. The molecule has 14 heteroatoms. The van der Waals surface area contributed by atoms with Gasteiger partial charge >= 0.3 is 0 Å². The van der Waals surface area contributed by atoms with Crippen molar-refractivity contribution in [1.82, 2.24) is 29.4 Å². The number of aryl methyl sites for hydroxylation is 1. The molecule has 2 N–H and O–H groups in total. The fraction of sp³-hybridized carbons (Fsp3) is 0.349. The number of benzene rings is 2. The highest BCUT2D eigenvalue weighted by molar-refractivity contribution is 5.68. The van der Waals surface area contributed by atoms with Crippen LogP contribution in [0.25, 0.3) is 33.8 Å². The highest BCUT2D eigenvalue weighted by Gasteiger charge is 2.17. The molecule has 0 atom stereocenters. The lowest BCUT2D eigenvalue weighted by Gasteiger charge is -2.23. The molecule has 0 aliphatic carbocycles. The number of nitrogens with one attached hydrogen (secondary N) is 2. The summed E-state index contributed by atoms with van der Waals surface area (Å²) in [5.41, 5.74) is 5.79. The van der Waals surface area contributed by atoms with Gasteiger partial charge in [-0.05, 0) is 106 Å². The Bertz CT molecular complexity index is 2470. The van der Waals surface area contributed by atoms with E-state index in [2.05, 4.69) is 26.6 Å². The van der Waals surface area contributed by atoms with Gasteiger partial charge in [-0.3, -0.25) is 18.4 Å². The van der Waals surface area contributed by atoms with Crippen LogP contribution in [-0.4, -0.2) is 92.6 Å². The predicted molar refractivity (Wildman–Crippen MR) is 221 cm³/mol. The van der Waals surface area contributed by atoms with E-state index in [9.17, 15) is 9.59 Å². The smallest absolute Gasteiger partial charge is 0.258 e. The normalized spacial score (nSPS) is 14.7. The summed E-state index contributed by atoms with van der Waals surface area (Å²) < 4.78 is 30.5. The number of aromatic nitrogens is 4. The average molecular weight is 776 g/mol. The molecule has 6 aromatic rings. The van der Waals surface area contributed by atoms with Gasteiger partial charge in [-0.1, -0.05) is 0 Å². The van der Waals surface area contributed by atoms with Gasteiger partial charge < -0.3 is 39.2 Å². The molecule has 8 rings (SSSR count). The molecular weight excluding hydrogens is 727 g/mol. The van der Waals surface area contributed by atoms with Gasteiger partial charge in [0, 0.05) is 49.1 Å². The van der Waals surface area contributed by atoms with Gasteiger partial charge in [-0.15, -0.1) is 0 Å². The van der Waals surface area contributed by atoms with Gasteiger partial charge in [0.15, 0.2) is 23.0 Å². The molecule has 0 radical (unpaired) electrons. The maximum absolute atomic E-state index is 12.9. The average Bonchev–Trinajstić information content (AvgIpc) is 3.54. The Morgan fingerprint density at radius 3 is 1.89 bits per heavy atom. The molecule has 0 saturated carbocycles. The molecular formula is C43H49N7O7. The zero-order valence-corrected chi connectivity index (χ0v) is 33.0. The van der Waals surface area contributed by atoms with Gasteiger partial charge in [-0.2, -0.15) is 0 Å². The molecule has 2 aromatic carbocycles. The number of rotatable bonds is 9. The Morgan fingerprint density at radius 1 is 0.632 bits per heavy atom. The summed E-state index contributed by atoms with van der Waals surface area (Å²) in [7, 11) is 6.35. The highest BCUT2D eigenvalue weighted by atomic mass is 16.5. The van der Waals surface area contributed by atoms with Crippen LogP contribution in [0.4, 0.5) is 5.69 Å². The van der Waals surface area contributed by atoms with E-state index >= 15 is 0 Å². The third kappa shape index (κ3) is 8.82. The molecule has 6 heterocycles. The molecule has 14 nitrogen and oxygen atoms in total. The SMILES string of the molecule is COc1ccc(-c2cc(=O)n3cc(N4CCCNCC4)cc(C)c3n2)cc1OC.COc1ccc(-c2cc(=O)n3cc(OC4CCNCC4)ccc3n2)cc1OC. The maximum atomic E-state index is 12.9. The van der Waals surface area contributed by atoms with Crippen LogP contribution in [-0.2, 0) is 0 Å². The lowest BCUT2D eigenvalue weighted by Crippen LogP contribution is -2.34. The first-order valence-electron chi connectivity index (χ1n) is 19.1. The summed E-state index contributed by atoms with van der Waals surface area (Å²) in [6.45, 7) is 7.78. The molecule has 2 aliphatic heterocycles. The first-order chi connectivity index (χ1) is 27.8. The molecule has 298 valence electrons. The quantitative estimate of drug-likeness (QED) is 0.204. The number of methoxy groups -OCH3 is 4. The van der Waals surface area contributed by atoms with Crippen molar-refractivity contribution in [3.8, 4) is 51.3 Å². The largest absolute Gasteiger partial charge is 0.493 e. The van der Waals surface area contributed by atoms with Crippen LogP contribution >= 0.6 is 0 Å².